The Morgan fingerprint density at radius 1 is 1.50 bits per heavy atom. The molecule has 14 heavy (non-hydrogen) atoms. The van der Waals surface area contributed by atoms with Crippen molar-refractivity contribution in [2.45, 2.75) is 6.92 Å². The topological polar surface area (TPSA) is 34.9 Å². The quantitative estimate of drug-likeness (QED) is 0.675. The highest BCUT2D eigenvalue weighted by Crippen LogP contribution is 2.23. The van der Waals surface area contributed by atoms with Crippen molar-refractivity contribution in [2.75, 3.05) is 0 Å². The number of benzene rings is 1. The van der Waals surface area contributed by atoms with Crippen LogP contribution in [0.3, 0.4) is 0 Å². The molecule has 0 amide bonds. The highest BCUT2D eigenvalue weighted by Gasteiger charge is 2.09. The maximum atomic E-state index is 11.2. The molecule has 0 saturated heterocycles. The number of halogens is 1. The van der Waals surface area contributed by atoms with Crippen LogP contribution in [-0.4, -0.2) is 15.6 Å². The summed E-state index contributed by atoms with van der Waals surface area (Å²) in [4.78, 5) is 11.2. The number of hydrogen-bond donors (Lipinski definition) is 0. The molecule has 0 aliphatic heterocycles. The van der Waals surface area contributed by atoms with E-state index < -0.39 is 0 Å². The van der Waals surface area contributed by atoms with E-state index >= 15 is 0 Å². The summed E-state index contributed by atoms with van der Waals surface area (Å²) in [6.07, 6.45) is 1.72. The normalized spacial score (nSPS) is 10.8. The number of aryl methyl sites for hydroxylation is 1. The molecule has 0 atom stereocenters. The Labute approximate surface area is 86.3 Å². The van der Waals surface area contributed by atoms with Gasteiger partial charge in [-0.2, -0.15) is 5.10 Å². The van der Waals surface area contributed by atoms with Gasteiger partial charge in [-0.3, -0.25) is 9.48 Å². The van der Waals surface area contributed by atoms with E-state index in [2.05, 4.69) is 5.10 Å². The van der Waals surface area contributed by atoms with Crippen molar-refractivity contribution in [1.29, 1.82) is 0 Å². The highest BCUT2D eigenvalue weighted by atomic mass is 35.5. The number of ketones is 1. The Balaban J connectivity index is 2.79. The van der Waals surface area contributed by atoms with Crippen molar-refractivity contribution in [3.05, 3.63) is 28.9 Å². The van der Waals surface area contributed by atoms with Crippen molar-refractivity contribution in [1.82, 2.24) is 9.78 Å². The Hall–Kier alpha value is -1.35. The van der Waals surface area contributed by atoms with Gasteiger partial charge in [-0.25, -0.2) is 0 Å². The van der Waals surface area contributed by atoms with Crippen LogP contribution < -0.4 is 0 Å². The molecule has 4 heteroatoms. The molecule has 0 aliphatic carbocycles. The van der Waals surface area contributed by atoms with Crippen LogP contribution in [0.4, 0.5) is 0 Å². The summed E-state index contributed by atoms with van der Waals surface area (Å²) < 4.78 is 1.73. The maximum Gasteiger partial charge on any atom is 0.161 e. The van der Waals surface area contributed by atoms with E-state index in [4.69, 9.17) is 11.6 Å². The number of carbonyl (C=O) groups excluding carboxylic acids is 1. The molecule has 0 fully saturated rings. The van der Waals surface area contributed by atoms with Gasteiger partial charge in [0.25, 0.3) is 0 Å². The van der Waals surface area contributed by atoms with E-state index in [9.17, 15) is 4.79 Å². The van der Waals surface area contributed by atoms with Gasteiger partial charge < -0.3 is 0 Å². The lowest BCUT2D eigenvalue weighted by molar-refractivity contribution is 0.101. The van der Waals surface area contributed by atoms with Crippen LogP contribution in [0.1, 0.15) is 17.3 Å². The second-order valence-corrected chi connectivity index (χ2v) is 3.62. The molecule has 1 aromatic carbocycles. The number of Topliss-reactive ketones (excluding diaryl/α,β-unsaturated/α-hetero) is 1. The van der Waals surface area contributed by atoms with Crippen molar-refractivity contribution in [3.63, 3.8) is 0 Å². The van der Waals surface area contributed by atoms with Crippen LogP contribution in [0, 0.1) is 0 Å². The number of nitrogens with zero attached hydrogens (tertiary/aromatic N) is 2. The zero-order valence-electron chi connectivity index (χ0n) is 7.91. The first-order chi connectivity index (χ1) is 6.59. The van der Waals surface area contributed by atoms with Crippen LogP contribution in [0.25, 0.3) is 10.9 Å². The zero-order valence-corrected chi connectivity index (χ0v) is 8.67. The summed E-state index contributed by atoms with van der Waals surface area (Å²) in [5.41, 5.74) is 1.48. The van der Waals surface area contributed by atoms with Gasteiger partial charge in [0.1, 0.15) is 0 Å². The third-order valence-corrected chi connectivity index (χ3v) is 2.53. The second kappa shape index (κ2) is 3.10. The van der Waals surface area contributed by atoms with E-state index in [0.717, 1.165) is 10.9 Å². The Morgan fingerprint density at radius 3 is 2.86 bits per heavy atom. The Kier molecular flexibility index (Phi) is 2.04. The lowest BCUT2D eigenvalue weighted by atomic mass is 10.1. The molecule has 1 aromatic heterocycles. The number of rotatable bonds is 1. The molecule has 0 aliphatic rings. The summed E-state index contributed by atoms with van der Waals surface area (Å²) in [7, 11) is 1.84. The van der Waals surface area contributed by atoms with E-state index in [1.807, 2.05) is 7.05 Å². The minimum atomic E-state index is -0.0271. The molecular weight excluding hydrogens is 200 g/mol. The van der Waals surface area contributed by atoms with Crippen LogP contribution >= 0.6 is 11.6 Å². The number of hydrogen-bond acceptors (Lipinski definition) is 2. The largest absolute Gasteiger partial charge is 0.294 e. The lowest BCUT2D eigenvalue weighted by Crippen LogP contribution is -1.94. The first-order valence-electron chi connectivity index (χ1n) is 4.22. The maximum absolute atomic E-state index is 11.2. The summed E-state index contributed by atoms with van der Waals surface area (Å²) in [6, 6.07) is 3.54. The molecule has 0 radical (unpaired) electrons. The zero-order chi connectivity index (χ0) is 10.3. The molecule has 0 unspecified atom stereocenters. The van der Waals surface area contributed by atoms with Crippen molar-refractivity contribution >= 4 is 28.3 Å². The summed E-state index contributed by atoms with van der Waals surface area (Å²) >= 11 is 5.97. The summed E-state index contributed by atoms with van der Waals surface area (Å²) in [5.74, 6) is -0.0271. The number of aromatic nitrogens is 2. The minimum absolute atomic E-state index is 0.0271. The van der Waals surface area contributed by atoms with Crippen LogP contribution in [0.5, 0.6) is 0 Å². The first kappa shape index (κ1) is 9.21. The van der Waals surface area contributed by atoms with E-state index in [1.54, 1.807) is 23.0 Å². The molecule has 1 heterocycles. The van der Waals surface area contributed by atoms with Gasteiger partial charge in [-0.05, 0) is 19.1 Å². The van der Waals surface area contributed by atoms with Gasteiger partial charge >= 0.3 is 0 Å². The van der Waals surface area contributed by atoms with Gasteiger partial charge in [0.15, 0.2) is 5.78 Å². The van der Waals surface area contributed by atoms with Crippen molar-refractivity contribution in [2.24, 2.45) is 7.05 Å². The Bertz CT molecular complexity index is 516. The molecule has 0 spiro atoms. The fourth-order valence-corrected chi connectivity index (χ4v) is 1.73. The monoisotopic (exact) mass is 208 g/mol. The molecule has 2 aromatic rings. The van der Waals surface area contributed by atoms with Crippen molar-refractivity contribution in [3.8, 4) is 0 Å². The number of carbonyl (C=O) groups is 1. The summed E-state index contributed by atoms with van der Waals surface area (Å²) in [5, 5.41) is 5.50. The van der Waals surface area contributed by atoms with Gasteiger partial charge in [0.2, 0.25) is 0 Å². The van der Waals surface area contributed by atoms with E-state index in [0.29, 0.717) is 10.6 Å². The lowest BCUT2D eigenvalue weighted by Gasteiger charge is -2.00. The van der Waals surface area contributed by atoms with Gasteiger partial charge in [0.05, 0.1) is 16.7 Å². The summed E-state index contributed by atoms with van der Waals surface area (Å²) in [6.45, 7) is 1.50. The molecule has 72 valence electrons. The van der Waals surface area contributed by atoms with Crippen LogP contribution in [0.15, 0.2) is 18.3 Å². The van der Waals surface area contributed by atoms with Crippen LogP contribution in [0.2, 0.25) is 5.02 Å². The highest BCUT2D eigenvalue weighted by molar-refractivity contribution is 6.34. The smallest absolute Gasteiger partial charge is 0.161 e. The third kappa shape index (κ3) is 1.30. The van der Waals surface area contributed by atoms with Gasteiger partial charge in [-0.1, -0.05) is 11.6 Å². The SMILES string of the molecule is CC(=O)c1cc2cnn(C)c2cc1Cl. The van der Waals surface area contributed by atoms with Crippen molar-refractivity contribution < 1.29 is 4.79 Å². The van der Waals surface area contributed by atoms with Gasteiger partial charge in [0, 0.05) is 18.0 Å². The minimum Gasteiger partial charge on any atom is -0.294 e. The second-order valence-electron chi connectivity index (χ2n) is 3.22. The molecule has 3 nitrogen and oxygen atoms in total. The fraction of sp³-hybridized carbons (Fsp3) is 0.200. The third-order valence-electron chi connectivity index (χ3n) is 2.21. The predicted molar refractivity (Wildman–Crippen MR) is 55.7 cm³/mol. The fourth-order valence-electron chi connectivity index (χ4n) is 1.44. The number of fused-ring (bicyclic) bond motifs is 1. The van der Waals surface area contributed by atoms with E-state index in [-0.39, 0.29) is 5.78 Å². The molecular formula is C10H9ClN2O. The average Bonchev–Trinajstić information content (AvgIpc) is 2.46. The molecule has 0 saturated carbocycles. The molecule has 0 bridgehead atoms. The Morgan fingerprint density at radius 2 is 2.21 bits per heavy atom. The molecule has 2 rings (SSSR count). The average molecular weight is 209 g/mol. The van der Waals surface area contributed by atoms with Crippen LogP contribution in [-0.2, 0) is 7.05 Å². The first-order valence-corrected chi connectivity index (χ1v) is 4.59. The standard InChI is InChI=1S/C10H9ClN2O/c1-6(14)8-3-7-5-12-13(2)10(7)4-9(8)11/h3-5H,1-2H3. The van der Waals surface area contributed by atoms with E-state index in [1.165, 1.54) is 6.92 Å². The predicted octanol–water partition coefficient (Wildman–Crippen LogP) is 2.43. The van der Waals surface area contributed by atoms with Gasteiger partial charge in [-0.15, -0.1) is 0 Å². The molecule has 0 N–H and O–H groups in total.